The number of aliphatic hydroxyl groups is 1. The number of aromatic nitrogens is 2. The Morgan fingerprint density at radius 1 is 0.944 bits per heavy atom. The molecule has 5 aromatic rings. The van der Waals surface area contributed by atoms with Crippen molar-refractivity contribution in [1.29, 1.82) is 0 Å². The van der Waals surface area contributed by atoms with Crippen molar-refractivity contribution in [3.05, 3.63) is 106 Å². The number of phenolic OH excluding ortho intramolecular Hbond substituents is 1. The van der Waals surface area contributed by atoms with Gasteiger partial charge in [0.2, 0.25) is 17.7 Å². The zero-order chi connectivity index (χ0) is 51.0. The van der Waals surface area contributed by atoms with E-state index in [0.717, 1.165) is 39.2 Å². The summed E-state index contributed by atoms with van der Waals surface area (Å²) in [5, 5.41) is 36.6. The molecule has 4 atom stereocenters. The van der Waals surface area contributed by atoms with Crippen molar-refractivity contribution in [3.8, 4) is 33.3 Å². The Morgan fingerprint density at radius 3 is 2.41 bits per heavy atom. The van der Waals surface area contributed by atoms with Crippen molar-refractivity contribution in [1.82, 2.24) is 41.2 Å². The van der Waals surface area contributed by atoms with E-state index >= 15 is 0 Å². The molecule has 2 aromatic heterocycles. The third kappa shape index (κ3) is 13.0. The predicted molar refractivity (Wildman–Crippen MR) is 265 cm³/mol. The molecule has 0 unspecified atom stereocenters. The molecule has 0 radical (unpaired) electrons. The van der Waals surface area contributed by atoms with Gasteiger partial charge in [-0.05, 0) is 84.5 Å². The highest BCUT2D eigenvalue weighted by molar-refractivity contribution is 7.13. The first kappa shape index (κ1) is 51.7. The van der Waals surface area contributed by atoms with Crippen molar-refractivity contribution in [2.75, 3.05) is 33.8 Å². The molecule has 1 fully saturated rings. The minimum Gasteiger partial charge on any atom is -0.507 e. The maximum Gasteiger partial charge on any atom is 0.273 e. The maximum atomic E-state index is 14.0. The second-order valence-electron chi connectivity index (χ2n) is 19.3. The summed E-state index contributed by atoms with van der Waals surface area (Å²) < 4.78 is 11.2. The van der Waals surface area contributed by atoms with Crippen LogP contribution in [0.3, 0.4) is 0 Å². The molecular formula is C52H62N8O10S. The van der Waals surface area contributed by atoms with Gasteiger partial charge in [-0.1, -0.05) is 68.7 Å². The Labute approximate surface area is 416 Å². The van der Waals surface area contributed by atoms with E-state index in [0.29, 0.717) is 43.5 Å². The number of β-amino-alcohol motifs (C(OH)–C–C–N with tert-alkyl or cyclic N) is 1. The molecule has 3 heterocycles. The number of aliphatic hydroxyl groups excluding tert-OH is 1. The van der Waals surface area contributed by atoms with Crippen LogP contribution in [0, 0.1) is 12.3 Å². The fourth-order valence-corrected chi connectivity index (χ4v) is 9.52. The molecule has 18 nitrogen and oxygen atoms in total. The van der Waals surface area contributed by atoms with Crippen LogP contribution in [-0.4, -0.2) is 118 Å². The lowest BCUT2D eigenvalue weighted by Crippen LogP contribution is -2.57. The van der Waals surface area contributed by atoms with Crippen molar-refractivity contribution >= 4 is 46.8 Å². The molecule has 6 N–H and O–H groups in total. The standard InChI is InChI=1S/C52H62N8O10S/c1-30-46(71-29-55-30)33-13-11-31(12-14-33)26-54-49(66)41-23-35(61)27-60(41)51(68)47(52(2,3)4)57-44(63)10-8-7-9-21-53-45(64)28-69-36-18-15-32-17-20-39(38(32)24-36)56-48(65)40-25-43(70-58-40)34-16-19-37(42(62)22-34)50(67)59(5)6/h11-16,18-19,22,24-25,29,35,39,41,47,61-62H,7-10,17,20-21,23,26-28H2,1-6H3,(H,53,64)(H,54,66)(H,56,65)(H,57,63)/t35-,39-,41+,47-/m1/s1. The quantitative estimate of drug-likeness (QED) is 0.0565. The number of amides is 6. The summed E-state index contributed by atoms with van der Waals surface area (Å²) in [5.74, 6) is -1.74. The number of likely N-dealkylation sites (tertiary alicyclic amines) is 1. The first-order valence-corrected chi connectivity index (χ1v) is 24.6. The van der Waals surface area contributed by atoms with Crippen LogP contribution in [0.2, 0.25) is 0 Å². The minimum absolute atomic E-state index is 0.0180. The average Bonchev–Trinajstić information content (AvgIpc) is 4.17. The van der Waals surface area contributed by atoms with Gasteiger partial charge in [-0.25, -0.2) is 4.98 Å². The van der Waals surface area contributed by atoms with Gasteiger partial charge in [0.1, 0.15) is 23.6 Å². The van der Waals surface area contributed by atoms with Gasteiger partial charge in [-0.3, -0.25) is 28.8 Å². The fourth-order valence-electron chi connectivity index (χ4n) is 8.71. The molecule has 1 aliphatic carbocycles. The molecule has 1 aliphatic heterocycles. The van der Waals surface area contributed by atoms with E-state index in [1.54, 1.807) is 43.1 Å². The number of unbranched alkanes of at least 4 members (excludes halogenated alkanes) is 2. The first-order valence-electron chi connectivity index (χ1n) is 23.8. The molecule has 6 amide bonds. The number of benzene rings is 3. The maximum absolute atomic E-state index is 14.0. The number of aromatic hydroxyl groups is 1. The monoisotopic (exact) mass is 990 g/mol. The number of thiazole rings is 1. The highest BCUT2D eigenvalue weighted by Crippen LogP contribution is 2.35. The van der Waals surface area contributed by atoms with Crippen LogP contribution in [0.5, 0.6) is 11.5 Å². The number of nitrogens with one attached hydrogen (secondary N) is 4. The average molecular weight is 991 g/mol. The van der Waals surface area contributed by atoms with Gasteiger partial charge < -0.3 is 50.5 Å². The lowest BCUT2D eigenvalue weighted by molar-refractivity contribution is -0.144. The molecular weight excluding hydrogens is 929 g/mol. The van der Waals surface area contributed by atoms with Gasteiger partial charge in [0.05, 0.1) is 33.8 Å². The highest BCUT2D eigenvalue weighted by Gasteiger charge is 2.44. The number of ether oxygens (including phenoxy) is 1. The highest BCUT2D eigenvalue weighted by atomic mass is 32.1. The normalized spacial score (nSPS) is 16.7. The third-order valence-corrected chi connectivity index (χ3v) is 13.6. The Bertz CT molecular complexity index is 2750. The summed E-state index contributed by atoms with van der Waals surface area (Å²) in [6.07, 6.45) is 2.52. The Kier molecular flexibility index (Phi) is 16.6. The van der Waals surface area contributed by atoms with Gasteiger partial charge in [0.25, 0.3) is 17.7 Å². The van der Waals surface area contributed by atoms with Crippen molar-refractivity contribution < 1.29 is 48.2 Å². The minimum atomic E-state index is -0.933. The Morgan fingerprint density at radius 2 is 1.70 bits per heavy atom. The Balaban J connectivity index is 0.809. The molecule has 1 saturated heterocycles. The number of fused-ring (bicyclic) bond motifs is 1. The van der Waals surface area contributed by atoms with Gasteiger partial charge in [0, 0.05) is 58.2 Å². The molecule has 2 aliphatic rings. The number of hydrogen-bond donors (Lipinski definition) is 6. The van der Waals surface area contributed by atoms with Crippen LogP contribution in [0.4, 0.5) is 0 Å². The summed E-state index contributed by atoms with van der Waals surface area (Å²) >= 11 is 1.56. The van der Waals surface area contributed by atoms with Crippen molar-refractivity contribution in [3.63, 3.8) is 0 Å². The van der Waals surface area contributed by atoms with Crippen LogP contribution in [0.1, 0.15) is 109 Å². The molecule has 3 aromatic carbocycles. The summed E-state index contributed by atoms with van der Waals surface area (Å²) in [5.41, 5.74) is 6.53. The van der Waals surface area contributed by atoms with Crippen LogP contribution >= 0.6 is 11.3 Å². The number of nitrogens with zero attached hydrogens (tertiary/aromatic N) is 4. The third-order valence-electron chi connectivity index (χ3n) is 12.6. The summed E-state index contributed by atoms with van der Waals surface area (Å²) in [6, 6.07) is 17.1. The van der Waals surface area contributed by atoms with Crippen LogP contribution in [0.15, 0.2) is 76.8 Å². The van der Waals surface area contributed by atoms with Crippen molar-refractivity contribution in [2.45, 2.75) is 103 Å². The summed E-state index contributed by atoms with van der Waals surface area (Å²) in [7, 11) is 3.17. The molecule has 7 rings (SSSR count). The van der Waals surface area contributed by atoms with Crippen LogP contribution in [-0.2, 0) is 32.1 Å². The molecule has 71 heavy (non-hydrogen) atoms. The van der Waals surface area contributed by atoms with E-state index < -0.39 is 35.4 Å². The second kappa shape index (κ2) is 22.7. The molecule has 19 heteroatoms. The van der Waals surface area contributed by atoms with Gasteiger partial charge in [-0.15, -0.1) is 11.3 Å². The number of phenols is 1. The fraction of sp³-hybridized carbons (Fsp3) is 0.423. The van der Waals surface area contributed by atoms with E-state index in [4.69, 9.17) is 9.26 Å². The number of carbonyl (C=O) groups is 6. The number of hydrogen-bond acceptors (Lipinski definition) is 13. The molecule has 0 saturated carbocycles. The second-order valence-corrected chi connectivity index (χ2v) is 20.2. The zero-order valence-electron chi connectivity index (χ0n) is 40.9. The van der Waals surface area contributed by atoms with Crippen LogP contribution < -0.4 is 26.0 Å². The first-order chi connectivity index (χ1) is 33.9. The van der Waals surface area contributed by atoms with E-state index in [9.17, 15) is 39.0 Å². The predicted octanol–water partition coefficient (Wildman–Crippen LogP) is 5.46. The Hall–Kier alpha value is -7.12. The van der Waals surface area contributed by atoms with Gasteiger partial charge in [-0.2, -0.15) is 0 Å². The topological polar surface area (TPSA) is 246 Å². The molecule has 376 valence electrons. The number of carbonyl (C=O) groups excluding carboxylic acids is 6. The number of rotatable bonds is 19. The molecule has 0 spiro atoms. The van der Waals surface area contributed by atoms with E-state index in [2.05, 4.69) is 31.4 Å². The van der Waals surface area contributed by atoms with E-state index in [-0.39, 0.29) is 85.0 Å². The van der Waals surface area contributed by atoms with E-state index in [1.165, 1.54) is 28.0 Å². The molecule has 0 bridgehead atoms. The smallest absolute Gasteiger partial charge is 0.273 e. The zero-order valence-corrected chi connectivity index (χ0v) is 41.7. The van der Waals surface area contributed by atoms with Gasteiger partial charge >= 0.3 is 0 Å². The number of aryl methyl sites for hydroxylation is 2. The van der Waals surface area contributed by atoms with Gasteiger partial charge in [0.15, 0.2) is 18.1 Å². The van der Waals surface area contributed by atoms with Crippen molar-refractivity contribution in [2.24, 2.45) is 5.41 Å². The van der Waals surface area contributed by atoms with E-state index in [1.807, 2.05) is 64.1 Å². The largest absolute Gasteiger partial charge is 0.507 e. The SMILES string of the molecule is Cc1ncsc1-c1ccc(CNC(=O)[C@@H]2C[C@@H](O)CN2C(=O)[C@@H](NC(=O)CCCCCNC(=O)COc2ccc3c(c2)[C@H](NC(=O)c2cc(-c4ccc(C(=O)N(C)C)c(O)c4)on2)CC3)C(C)(C)C)cc1. The van der Waals surface area contributed by atoms with Crippen LogP contribution in [0.25, 0.3) is 21.8 Å². The lowest BCUT2D eigenvalue weighted by Gasteiger charge is -2.35. The summed E-state index contributed by atoms with van der Waals surface area (Å²) in [6.45, 7) is 7.87. The lowest BCUT2D eigenvalue weighted by atomic mass is 9.85. The summed E-state index contributed by atoms with van der Waals surface area (Å²) in [4.78, 5) is 87.1.